The lowest BCUT2D eigenvalue weighted by Crippen LogP contribution is -2.42. The third-order valence-corrected chi connectivity index (χ3v) is 6.82. The molecule has 0 radical (unpaired) electrons. The van der Waals surface area contributed by atoms with Gasteiger partial charge in [0, 0.05) is 36.3 Å². The van der Waals surface area contributed by atoms with Gasteiger partial charge in [0.15, 0.2) is 5.96 Å². The third-order valence-electron chi connectivity index (χ3n) is 4.40. The van der Waals surface area contributed by atoms with Crippen LogP contribution in [0, 0.1) is 0 Å². The molecule has 1 amide bonds. The van der Waals surface area contributed by atoms with E-state index in [9.17, 15) is 4.79 Å². The average Bonchev–Trinajstić information content (AvgIpc) is 3.27. The molecule has 0 saturated carbocycles. The molecule has 132 valence electrons. The van der Waals surface area contributed by atoms with Gasteiger partial charge in [0.25, 0.3) is 0 Å². The Balaban J connectivity index is 1.50. The van der Waals surface area contributed by atoms with E-state index in [1.54, 1.807) is 11.3 Å². The molecule has 1 atom stereocenters. The van der Waals surface area contributed by atoms with Gasteiger partial charge in [0.05, 0.1) is 0 Å². The van der Waals surface area contributed by atoms with E-state index in [1.807, 2.05) is 23.6 Å². The largest absolute Gasteiger partial charge is 0.357 e. The second-order valence-corrected chi connectivity index (χ2v) is 8.55. The van der Waals surface area contributed by atoms with Gasteiger partial charge in [-0.3, -0.25) is 4.79 Å². The summed E-state index contributed by atoms with van der Waals surface area (Å²) in [7, 11) is 0. The highest BCUT2D eigenvalue weighted by atomic mass is 32.2. The number of fused-ring (bicyclic) bond motifs is 1. The molecule has 2 N–H and O–H groups in total. The van der Waals surface area contributed by atoms with Crippen LogP contribution in [0.2, 0.25) is 0 Å². The first-order valence-corrected chi connectivity index (χ1v) is 10.7. The van der Waals surface area contributed by atoms with Crippen molar-refractivity contribution in [2.45, 2.75) is 38.0 Å². The van der Waals surface area contributed by atoms with Crippen molar-refractivity contribution in [3.05, 3.63) is 21.9 Å². The molecule has 3 rings (SSSR count). The molecule has 1 aromatic rings. The zero-order valence-electron chi connectivity index (χ0n) is 14.2. The maximum Gasteiger partial charge on any atom is 0.244 e. The number of hydrogen-bond acceptors (Lipinski definition) is 4. The molecule has 1 fully saturated rings. The van der Waals surface area contributed by atoms with E-state index in [1.165, 1.54) is 29.0 Å². The number of amides is 1. The van der Waals surface area contributed by atoms with E-state index in [-0.39, 0.29) is 12.5 Å². The summed E-state index contributed by atoms with van der Waals surface area (Å²) < 4.78 is 0. The number of hydrogen-bond donors (Lipinski definition) is 2. The molecular formula is C17H26N4OS2. The molecule has 2 aliphatic rings. The number of guanidine groups is 1. The molecule has 0 spiro atoms. The Morgan fingerprint density at radius 1 is 1.46 bits per heavy atom. The second-order valence-electron chi connectivity index (χ2n) is 6.15. The van der Waals surface area contributed by atoms with Crippen LogP contribution >= 0.6 is 23.1 Å². The van der Waals surface area contributed by atoms with Gasteiger partial charge in [-0.15, -0.1) is 11.3 Å². The number of aliphatic imine (C=N–C) groups is 1. The Morgan fingerprint density at radius 3 is 3.17 bits per heavy atom. The number of thiophene rings is 1. The summed E-state index contributed by atoms with van der Waals surface area (Å²) in [4.78, 5) is 20.3. The minimum absolute atomic E-state index is 0.110. The molecule has 0 aliphatic carbocycles. The molecule has 3 heterocycles. The van der Waals surface area contributed by atoms with Crippen LogP contribution in [0.1, 0.15) is 30.2 Å². The molecule has 5 nitrogen and oxygen atoms in total. The van der Waals surface area contributed by atoms with Gasteiger partial charge >= 0.3 is 0 Å². The maximum atomic E-state index is 12.5. The molecule has 0 bridgehead atoms. The molecule has 1 aromatic heterocycles. The van der Waals surface area contributed by atoms with Crippen molar-refractivity contribution in [3.8, 4) is 0 Å². The number of carbonyl (C=O) groups is 1. The summed E-state index contributed by atoms with van der Waals surface area (Å²) in [6.45, 7) is 5.53. The van der Waals surface area contributed by atoms with Crippen molar-refractivity contribution in [1.29, 1.82) is 0 Å². The minimum atomic E-state index is 0.110. The Morgan fingerprint density at radius 2 is 2.38 bits per heavy atom. The highest BCUT2D eigenvalue weighted by molar-refractivity contribution is 8.00. The monoisotopic (exact) mass is 366 g/mol. The standard InChI is InChI=1S/C17H26N4OS2/c1-2-18-17(19-10-14-4-3-8-23-14)20-11-16(22)21-7-5-15-13(12-21)6-9-24-15/h6,9,14H,2-5,7-8,10-12H2,1H3,(H2,18,19,20). The summed E-state index contributed by atoms with van der Waals surface area (Å²) in [6, 6.07) is 2.13. The fourth-order valence-corrected chi connectivity index (χ4v) is 5.16. The van der Waals surface area contributed by atoms with E-state index in [0.717, 1.165) is 38.6 Å². The Hall–Kier alpha value is -1.21. The zero-order chi connectivity index (χ0) is 16.8. The van der Waals surface area contributed by atoms with Crippen molar-refractivity contribution in [2.24, 2.45) is 4.99 Å². The van der Waals surface area contributed by atoms with Crippen LogP contribution in [0.3, 0.4) is 0 Å². The number of nitrogens with one attached hydrogen (secondary N) is 2. The van der Waals surface area contributed by atoms with Crippen molar-refractivity contribution >= 4 is 35.0 Å². The lowest BCUT2D eigenvalue weighted by atomic mass is 10.1. The van der Waals surface area contributed by atoms with Gasteiger partial charge in [0.1, 0.15) is 6.54 Å². The summed E-state index contributed by atoms with van der Waals surface area (Å²) in [5, 5.41) is 9.40. The molecule has 2 aliphatic heterocycles. The smallest absolute Gasteiger partial charge is 0.244 e. The first-order valence-electron chi connectivity index (χ1n) is 8.73. The Bertz CT molecular complexity index is 581. The Kier molecular flexibility index (Phi) is 6.43. The first-order chi connectivity index (χ1) is 11.8. The van der Waals surface area contributed by atoms with Gasteiger partial charge in [-0.1, -0.05) is 0 Å². The average molecular weight is 367 g/mol. The van der Waals surface area contributed by atoms with Gasteiger partial charge < -0.3 is 15.5 Å². The zero-order valence-corrected chi connectivity index (χ0v) is 15.8. The van der Waals surface area contributed by atoms with Gasteiger partial charge in [-0.25, -0.2) is 4.99 Å². The van der Waals surface area contributed by atoms with Gasteiger partial charge in [0.2, 0.25) is 5.91 Å². The number of thioether (sulfide) groups is 1. The highest BCUT2D eigenvalue weighted by Gasteiger charge is 2.21. The lowest BCUT2D eigenvalue weighted by Gasteiger charge is -2.26. The van der Waals surface area contributed by atoms with Crippen LogP contribution < -0.4 is 10.6 Å². The number of carbonyl (C=O) groups excluding carboxylic acids is 1. The first kappa shape index (κ1) is 17.6. The van der Waals surface area contributed by atoms with Crippen LogP contribution in [0.4, 0.5) is 0 Å². The molecular weight excluding hydrogens is 340 g/mol. The summed E-state index contributed by atoms with van der Waals surface area (Å²) in [5.74, 6) is 2.13. The van der Waals surface area contributed by atoms with Crippen molar-refractivity contribution in [3.63, 3.8) is 0 Å². The van der Waals surface area contributed by atoms with Crippen LogP contribution in [0.5, 0.6) is 0 Å². The van der Waals surface area contributed by atoms with Gasteiger partial charge in [-0.05, 0) is 48.9 Å². The lowest BCUT2D eigenvalue weighted by molar-refractivity contribution is -0.130. The second kappa shape index (κ2) is 8.76. The molecule has 1 saturated heterocycles. The summed E-state index contributed by atoms with van der Waals surface area (Å²) in [5.41, 5.74) is 1.30. The van der Waals surface area contributed by atoms with E-state index in [2.05, 4.69) is 27.1 Å². The fourth-order valence-electron chi connectivity index (χ4n) is 3.07. The highest BCUT2D eigenvalue weighted by Crippen LogP contribution is 2.25. The molecule has 0 aromatic carbocycles. The van der Waals surface area contributed by atoms with Crippen molar-refractivity contribution < 1.29 is 4.79 Å². The van der Waals surface area contributed by atoms with E-state index < -0.39 is 0 Å². The quantitative estimate of drug-likeness (QED) is 0.619. The molecule has 7 heteroatoms. The van der Waals surface area contributed by atoms with Crippen LogP contribution in [-0.2, 0) is 17.8 Å². The van der Waals surface area contributed by atoms with Crippen LogP contribution in [0.15, 0.2) is 16.4 Å². The normalized spacial score (nSPS) is 20.8. The minimum Gasteiger partial charge on any atom is -0.357 e. The number of nitrogens with zero attached hydrogens (tertiary/aromatic N) is 2. The predicted molar refractivity (Wildman–Crippen MR) is 103 cm³/mol. The van der Waals surface area contributed by atoms with Crippen LogP contribution in [0.25, 0.3) is 0 Å². The third kappa shape index (κ3) is 4.66. The van der Waals surface area contributed by atoms with E-state index in [0.29, 0.717) is 5.25 Å². The number of rotatable bonds is 5. The van der Waals surface area contributed by atoms with Gasteiger partial charge in [-0.2, -0.15) is 11.8 Å². The van der Waals surface area contributed by atoms with E-state index >= 15 is 0 Å². The maximum absolute atomic E-state index is 12.5. The van der Waals surface area contributed by atoms with Crippen LogP contribution in [-0.4, -0.2) is 53.9 Å². The van der Waals surface area contributed by atoms with Crippen molar-refractivity contribution in [2.75, 3.05) is 31.9 Å². The topological polar surface area (TPSA) is 56.7 Å². The summed E-state index contributed by atoms with van der Waals surface area (Å²) in [6.07, 6.45) is 3.55. The summed E-state index contributed by atoms with van der Waals surface area (Å²) >= 11 is 3.82. The Labute approximate surface area is 152 Å². The van der Waals surface area contributed by atoms with Crippen molar-refractivity contribution in [1.82, 2.24) is 15.5 Å². The SMILES string of the molecule is CCNC(=NCC(=O)N1CCc2sccc2C1)NCC1CCCS1. The predicted octanol–water partition coefficient (Wildman–Crippen LogP) is 2.08. The molecule has 1 unspecified atom stereocenters. The van der Waals surface area contributed by atoms with E-state index in [4.69, 9.17) is 0 Å². The molecule has 24 heavy (non-hydrogen) atoms. The fraction of sp³-hybridized carbons (Fsp3) is 0.647.